The predicted molar refractivity (Wildman–Crippen MR) is 75.0 cm³/mol. The van der Waals surface area contributed by atoms with Crippen LogP contribution in [0, 0.1) is 5.82 Å². The van der Waals surface area contributed by atoms with Crippen molar-refractivity contribution in [2.24, 2.45) is 0 Å². The van der Waals surface area contributed by atoms with Crippen molar-refractivity contribution in [2.75, 3.05) is 0 Å². The van der Waals surface area contributed by atoms with Crippen LogP contribution in [0.3, 0.4) is 0 Å². The first-order valence-electron chi connectivity index (χ1n) is 5.53. The highest BCUT2D eigenvalue weighted by Gasteiger charge is 2.12. The van der Waals surface area contributed by atoms with E-state index in [0.717, 1.165) is 0 Å². The van der Waals surface area contributed by atoms with Crippen molar-refractivity contribution < 1.29 is 4.39 Å². The van der Waals surface area contributed by atoms with Crippen molar-refractivity contribution in [3.63, 3.8) is 0 Å². The normalized spacial score (nSPS) is 10.9. The van der Waals surface area contributed by atoms with Gasteiger partial charge in [-0.1, -0.05) is 23.7 Å². The lowest BCUT2D eigenvalue weighted by Gasteiger charge is -2.07. The SMILES string of the molecule is Fc1ccccc1-c1nc(Cl)nc2ccc(Cl)cc12. The average Bonchev–Trinajstić information content (AvgIpc) is 2.39. The van der Waals surface area contributed by atoms with Gasteiger partial charge >= 0.3 is 0 Å². The Labute approximate surface area is 118 Å². The van der Waals surface area contributed by atoms with Gasteiger partial charge in [0, 0.05) is 16.0 Å². The van der Waals surface area contributed by atoms with Crippen LogP contribution in [0.2, 0.25) is 10.3 Å². The maximum Gasteiger partial charge on any atom is 0.223 e. The van der Waals surface area contributed by atoms with Gasteiger partial charge in [-0.25, -0.2) is 14.4 Å². The summed E-state index contributed by atoms with van der Waals surface area (Å²) in [6.45, 7) is 0. The van der Waals surface area contributed by atoms with Crippen LogP contribution in [-0.4, -0.2) is 9.97 Å². The Morgan fingerprint density at radius 1 is 0.947 bits per heavy atom. The fourth-order valence-corrected chi connectivity index (χ4v) is 2.28. The molecular formula is C14H7Cl2FN2. The molecular weight excluding hydrogens is 286 g/mol. The molecule has 19 heavy (non-hydrogen) atoms. The Bertz CT molecular complexity index is 774. The van der Waals surface area contributed by atoms with Crippen molar-refractivity contribution in [2.45, 2.75) is 0 Å². The summed E-state index contributed by atoms with van der Waals surface area (Å²) in [6.07, 6.45) is 0. The van der Waals surface area contributed by atoms with E-state index in [1.165, 1.54) is 6.07 Å². The third-order valence-corrected chi connectivity index (χ3v) is 3.16. The van der Waals surface area contributed by atoms with E-state index in [9.17, 15) is 4.39 Å². The van der Waals surface area contributed by atoms with E-state index in [0.29, 0.717) is 27.2 Å². The second-order valence-corrected chi connectivity index (χ2v) is 4.76. The van der Waals surface area contributed by atoms with Gasteiger partial charge in [0.05, 0.1) is 11.2 Å². The van der Waals surface area contributed by atoms with Crippen molar-refractivity contribution in [3.8, 4) is 11.3 Å². The molecule has 0 unspecified atom stereocenters. The van der Waals surface area contributed by atoms with E-state index in [1.807, 2.05) is 0 Å². The summed E-state index contributed by atoms with van der Waals surface area (Å²) in [7, 11) is 0. The summed E-state index contributed by atoms with van der Waals surface area (Å²) < 4.78 is 13.9. The minimum absolute atomic E-state index is 0.0769. The molecule has 0 bridgehead atoms. The van der Waals surface area contributed by atoms with Crippen LogP contribution in [0.4, 0.5) is 4.39 Å². The summed E-state index contributed by atoms with van der Waals surface area (Å²) >= 11 is 11.9. The third kappa shape index (κ3) is 2.27. The topological polar surface area (TPSA) is 25.8 Å². The smallest absolute Gasteiger partial charge is 0.218 e. The highest BCUT2D eigenvalue weighted by Crippen LogP contribution is 2.30. The van der Waals surface area contributed by atoms with Crippen LogP contribution in [-0.2, 0) is 0 Å². The van der Waals surface area contributed by atoms with Gasteiger partial charge in [-0.15, -0.1) is 0 Å². The van der Waals surface area contributed by atoms with E-state index in [2.05, 4.69) is 9.97 Å². The first-order chi connectivity index (χ1) is 9.15. The average molecular weight is 293 g/mol. The number of halogens is 3. The number of nitrogens with zero attached hydrogens (tertiary/aromatic N) is 2. The van der Waals surface area contributed by atoms with Gasteiger partial charge in [0.2, 0.25) is 5.28 Å². The second-order valence-electron chi connectivity index (χ2n) is 3.98. The largest absolute Gasteiger partial charge is 0.223 e. The highest BCUT2D eigenvalue weighted by atomic mass is 35.5. The van der Waals surface area contributed by atoms with Crippen LogP contribution >= 0.6 is 23.2 Å². The van der Waals surface area contributed by atoms with Gasteiger partial charge < -0.3 is 0 Å². The van der Waals surface area contributed by atoms with E-state index in [1.54, 1.807) is 36.4 Å². The van der Waals surface area contributed by atoms with Gasteiger partial charge in [0.25, 0.3) is 0 Å². The van der Waals surface area contributed by atoms with Gasteiger partial charge in [0.15, 0.2) is 0 Å². The lowest BCUT2D eigenvalue weighted by Crippen LogP contribution is -1.93. The van der Waals surface area contributed by atoms with E-state index in [-0.39, 0.29) is 11.1 Å². The number of rotatable bonds is 1. The van der Waals surface area contributed by atoms with Crippen molar-refractivity contribution in [1.29, 1.82) is 0 Å². The molecule has 0 amide bonds. The van der Waals surface area contributed by atoms with E-state index < -0.39 is 0 Å². The molecule has 0 fully saturated rings. The van der Waals surface area contributed by atoms with E-state index in [4.69, 9.17) is 23.2 Å². The fourth-order valence-electron chi connectivity index (χ4n) is 1.93. The van der Waals surface area contributed by atoms with Crippen LogP contribution < -0.4 is 0 Å². The predicted octanol–water partition coefficient (Wildman–Crippen LogP) is 4.74. The van der Waals surface area contributed by atoms with Gasteiger partial charge in [0.1, 0.15) is 5.82 Å². The van der Waals surface area contributed by atoms with Gasteiger partial charge in [-0.05, 0) is 41.9 Å². The minimum Gasteiger partial charge on any atom is -0.218 e. The molecule has 2 nitrogen and oxygen atoms in total. The van der Waals surface area contributed by atoms with Crippen LogP contribution in [0.1, 0.15) is 0 Å². The van der Waals surface area contributed by atoms with Crippen molar-refractivity contribution in [1.82, 2.24) is 9.97 Å². The molecule has 0 saturated carbocycles. The first kappa shape index (κ1) is 12.3. The van der Waals surface area contributed by atoms with E-state index >= 15 is 0 Å². The molecule has 1 heterocycles. The lowest BCUT2D eigenvalue weighted by atomic mass is 10.1. The Morgan fingerprint density at radius 3 is 2.53 bits per heavy atom. The molecule has 2 aromatic carbocycles. The molecule has 3 aromatic rings. The summed E-state index contributed by atoms with van der Waals surface area (Å²) in [5, 5.41) is 1.28. The first-order valence-corrected chi connectivity index (χ1v) is 6.28. The Kier molecular flexibility index (Phi) is 3.09. The molecule has 3 rings (SSSR count). The van der Waals surface area contributed by atoms with Crippen LogP contribution in [0.15, 0.2) is 42.5 Å². The molecule has 0 aliphatic carbocycles. The van der Waals surface area contributed by atoms with Gasteiger partial charge in [-0.2, -0.15) is 0 Å². The number of fused-ring (bicyclic) bond motifs is 1. The Balaban J connectivity index is 2.40. The third-order valence-electron chi connectivity index (χ3n) is 2.76. The van der Waals surface area contributed by atoms with Crippen molar-refractivity contribution in [3.05, 3.63) is 58.6 Å². The maximum atomic E-state index is 13.9. The zero-order chi connectivity index (χ0) is 13.4. The molecule has 0 spiro atoms. The molecule has 94 valence electrons. The monoisotopic (exact) mass is 292 g/mol. The fraction of sp³-hybridized carbons (Fsp3) is 0. The van der Waals surface area contributed by atoms with Crippen molar-refractivity contribution >= 4 is 34.1 Å². The number of benzene rings is 2. The minimum atomic E-state index is -0.362. The maximum absolute atomic E-state index is 13.9. The summed E-state index contributed by atoms with van der Waals surface area (Å²) in [4.78, 5) is 8.24. The number of hydrogen-bond donors (Lipinski definition) is 0. The summed E-state index contributed by atoms with van der Waals surface area (Å²) in [5.41, 5.74) is 1.44. The molecule has 0 radical (unpaired) electrons. The Morgan fingerprint density at radius 2 is 1.74 bits per heavy atom. The lowest BCUT2D eigenvalue weighted by molar-refractivity contribution is 0.631. The molecule has 0 saturated heterocycles. The molecule has 1 aromatic heterocycles. The molecule has 0 aliphatic rings. The highest BCUT2D eigenvalue weighted by molar-refractivity contribution is 6.31. The zero-order valence-electron chi connectivity index (χ0n) is 9.57. The second kappa shape index (κ2) is 4.76. The zero-order valence-corrected chi connectivity index (χ0v) is 11.1. The molecule has 5 heteroatoms. The quantitative estimate of drug-likeness (QED) is 0.605. The summed E-state index contributed by atoms with van der Waals surface area (Å²) in [6, 6.07) is 11.5. The van der Waals surface area contributed by atoms with Crippen LogP contribution in [0.25, 0.3) is 22.2 Å². The molecule has 0 atom stereocenters. The standard InChI is InChI=1S/C14H7Cl2FN2/c15-8-5-6-12-10(7-8)13(19-14(16)18-12)9-3-1-2-4-11(9)17/h1-7H. The number of hydrogen-bond acceptors (Lipinski definition) is 2. The number of aromatic nitrogens is 2. The molecule has 0 N–H and O–H groups in total. The summed E-state index contributed by atoms with van der Waals surface area (Å²) in [5.74, 6) is -0.362. The van der Waals surface area contributed by atoms with Gasteiger partial charge in [-0.3, -0.25) is 0 Å². The Hall–Kier alpha value is -1.71. The van der Waals surface area contributed by atoms with Crippen LogP contribution in [0.5, 0.6) is 0 Å². The molecule has 0 aliphatic heterocycles.